The van der Waals surface area contributed by atoms with E-state index in [2.05, 4.69) is 15.0 Å². The number of hydrogen-bond donors (Lipinski definition) is 1. The van der Waals surface area contributed by atoms with Crippen molar-refractivity contribution in [1.29, 1.82) is 0 Å². The molecule has 2 heterocycles. The highest BCUT2D eigenvalue weighted by Gasteiger charge is 2.44. The molecule has 240 valence electrons. The van der Waals surface area contributed by atoms with Crippen molar-refractivity contribution in [3.8, 4) is 10.4 Å². The summed E-state index contributed by atoms with van der Waals surface area (Å²) in [6.45, 7) is 1.41. The van der Waals surface area contributed by atoms with Gasteiger partial charge in [0.2, 0.25) is 0 Å². The predicted octanol–water partition coefficient (Wildman–Crippen LogP) is 4.77. The third kappa shape index (κ3) is 6.92. The van der Waals surface area contributed by atoms with E-state index >= 15 is 0 Å². The van der Waals surface area contributed by atoms with E-state index < -0.39 is 70.7 Å². The van der Waals surface area contributed by atoms with Gasteiger partial charge in [0, 0.05) is 31.3 Å². The molecule has 1 atom stereocenters. The predicted molar refractivity (Wildman–Crippen MR) is 151 cm³/mol. The first-order valence-corrected chi connectivity index (χ1v) is 17.0. The molecule has 2 aromatic carbocycles. The molecule has 0 saturated carbocycles. The van der Waals surface area contributed by atoms with E-state index in [0.29, 0.717) is 36.0 Å². The second kappa shape index (κ2) is 11.6. The second-order valence-corrected chi connectivity index (χ2v) is 15.0. The van der Waals surface area contributed by atoms with Gasteiger partial charge in [-0.2, -0.15) is 26.3 Å². The molecule has 45 heavy (non-hydrogen) atoms. The lowest BCUT2D eigenvalue weighted by atomic mass is 9.87. The van der Waals surface area contributed by atoms with Crippen molar-refractivity contribution < 1.29 is 48.0 Å². The zero-order valence-corrected chi connectivity index (χ0v) is 25.8. The maximum Gasteiger partial charge on any atom is 0.417 e. The van der Waals surface area contributed by atoms with Gasteiger partial charge in [-0.05, 0) is 42.3 Å². The molecule has 0 bridgehead atoms. The number of Topliss-reactive ketones (excluding diaryl/α,β-unsaturated/α-hetero) is 1. The number of ketones is 1. The van der Waals surface area contributed by atoms with Gasteiger partial charge in [0.05, 0.1) is 43.4 Å². The minimum atomic E-state index is -5.08. The van der Waals surface area contributed by atoms with Crippen molar-refractivity contribution in [3.63, 3.8) is 0 Å². The van der Waals surface area contributed by atoms with E-state index in [-0.39, 0.29) is 32.4 Å². The number of benzene rings is 2. The van der Waals surface area contributed by atoms with Crippen molar-refractivity contribution >= 4 is 36.8 Å². The fourth-order valence-electron chi connectivity index (χ4n) is 4.48. The third-order valence-corrected chi connectivity index (χ3v) is 10.3. The molecule has 0 aliphatic carbocycles. The Labute approximate surface area is 257 Å². The van der Waals surface area contributed by atoms with Crippen LogP contribution in [0.15, 0.2) is 64.8 Å². The normalized spacial score (nSPS) is 14.3. The highest BCUT2D eigenvalue weighted by atomic mass is 32.2. The van der Waals surface area contributed by atoms with Gasteiger partial charge in [-0.15, -0.1) is 11.3 Å². The molecule has 9 nitrogen and oxygen atoms in total. The lowest BCUT2D eigenvalue weighted by Gasteiger charge is -2.25. The largest absolute Gasteiger partial charge is 0.417 e. The Morgan fingerprint density at radius 1 is 0.867 bits per heavy atom. The molecule has 0 spiro atoms. The Kier molecular flexibility index (Phi) is 8.77. The number of halogens is 6. The number of hydrogen-bond acceptors (Lipinski definition) is 10. The molecule has 0 amide bonds. The zero-order chi connectivity index (χ0) is 33.8. The Morgan fingerprint density at radius 2 is 1.42 bits per heavy atom. The summed E-state index contributed by atoms with van der Waals surface area (Å²) in [5.74, 6) is -0.938. The van der Waals surface area contributed by atoms with Crippen molar-refractivity contribution in [2.24, 2.45) is 5.73 Å². The van der Waals surface area contributed by atoms with Crippen LogP contribution < -0.4 is 5.73 Å². The van der Waals surface area contributed by atoms with E-state index in [1.165, 1.54) is 19.3 Å². The molecule has 4 rings (SSSR count). The maximum atomic E-state index is 13.8. The number of carbonyl (C=O) groups is 1. The second-order valence-electron chi connectivity index (χ2n) is 10.0. The number of aryl methyl sites for hydroxylation is 1. The van der Waals surface area contributed by atoms with Crippen molar-refractivity contribution in [1.82, 2.24) is 15.0 Å². The topological polar surface area (TPSA) is 150 Å². The molecule has 0 aliphatic heterocycles. The van der Waals surface area contributed by atoms with E-state index in [4.69, 9.17) is 5.73 Å². The fourth-order valence-corrected chi connectivity index (χ4v) is 7.45. The Bertz CT molecular complexity index is 2010. The van der Waals surface area contributed by atoms with Gasteiger partial charge in [-0.3, -0.25) is 14.8 Å². The molecule has 4 aromatic rings. The maximum absolute atomic E-state index is 13.8. The summed E-state index contributed by atoms with van der Waals surface area (Å²) in [6, 6.07) is 4.85. The van der Waals surface area contributed by atoms with Crippen LogP contribution >= 0.6 is 11.3 Å². The van der Waals surface area contributed by atoms with Crippen LogP contribution in [0.2, 0.25) is 0 Å². The van der Waals surface area contributed by atoms with Crippen LogP contribution in [0.5, 0.6) is 0 Å². The lowest BCUT2D eigenvalue weighted by Crippen LogP contribution is -2.47. The summed E-state index contributed by atoms with van der Waals surface area (Å²) in [7, 11) is -8.55. The Balaban J connectivity index is 1.86. The molecule has 2 aromatic heterocycles. The molecule has 1 unspecified atom stereocenters. The monoisotopic (exact) mass is 692 g/mol. The quantitative estimate of drug-likeness (QED) is 0.258. The molecule has 18 heteroatoms. The molecule has 0 saturated heterocycles. The molecule has 2 N–H and O–H groups in total. The number of sulfone groups is 2. The van der Waals surface area contributed by atoms with Crippen LogP contribution in [0.4, 0.5) is 26.3 Å². The van der Waals surface area contributed by atoms with E-state index in [1.807, 2.05) is 0 Å². The van der Waals surface area contributed by atoms with Gasteiger partial charge in [-0.25, -0.2) is 21.8 Å². The highest BCUT2D eigenvalue weighted by molar-refractivity contribution is 7.91. The standard InChI is InChI=1S/C27H22F6N4O5S3/c1-14-23(16-5-7-20(45(3,41)42)18(12-16)27(31,32)33)43-24(37-14)25(34,21-13-35-8-9-36-21)22(38)11-15-4-6-19(44(2,39)40)17(10-15)26(28,29)30/h4-10,12-13H,11,34H2,1-3H3. The average molecular weight is 693 g/mol. The Morgan fingerprint density at radius 3 is 1.93 bits per heavy atom. The van der Waals surface area contributed by atoms with Gasteiger partial charge >= 0.3 is 12.4 Å². The van der Waals surface area contributed by atoms with Crippen molar-refractivity contribution in [3.05, 3.63) is 88.1 Å². The van der Waals surface area contributed by atoms with Crippen molar-refractivity contribution in [2.75, 3.05) is 12.5 Å². The van der Waals surface area contributed by atoms with Gasteiger partial charge in [0.15, 0.2) is 31.0 Å². The first-order valence-electron chi connectivity index (χ1n) is 12.4. The fraction of sp³-hybridized carbons (Fsp3) is 0.259. The Hall–Kier alpha value is -3.74. The van der Waals surface area contributed by atoms with Crippen LogP contribution in [0.1, 0.15) is 33.1 Å². The number of nitrogens with zero attached hydrogens (tertiary/aromatic N) is 3. The number of alkyl halides is 6. The summed E-state index contributed by atoms with van der Waals surface area (Å²) in [5, 5.41) is -0.190. The van der Waals surface area contributed by atoms with Gasteiger partial charge in [0.25, 0.3) is 0 Å². The molecule has 0 aliphatic rings. The van der Waals surface area contributed by atoms with E-state index in [1.54, 1.807) is 0 Å². The number of carbonyl (C=O) groups excluding carboxylic acids is 1. The van der Waals surface area contributed by atoms with E-state index in [9.17, 15) is 48.0 Å². The van der Waals surface area contributed by atoms with Gasteiger partial charge in [0.1, 0.15) is 5.01 Å². The summed E-state index contributed by atoms with van der Waals surface area (Å²) in [4.78, 5) is 24.3. The smallest absolute Gasteiger partial charge is 0.308 e. The average Bonchev–Trinajstić information content (AvgIpc) is 3.32. The first kappa shape index (κ1) is 34.1. The lowest BCUT2D eigenvalue weighted by molar-refractivity contribution is -0.140. The van der Waals surface area contributed by atoms with E-state index in [0.717, 1.165) is 30.5 Å². The number of thiazole rings is 1. The first-order chi connectivity index (χ1) is 20.5. The summed E-state index contributed by atoms with van der Waals surface area (Å²) < 4.78 is 131. The zero-order valence-electron chi connectivity index (χ0n) is 23.4. The highest BCUT2D eigenvalue weighted by Crippen LogP contribution is 2.42. The van der Waals surface area contributed by atoms with Gasteiger partial charge < -0.3 is 5.73 Å². The number of rotatable bonds is 8. The van der Waals surface area contributed by atoms with Crippen LogP contribution in [0.25, 0.3) is 10.4 Å². The molecule has 0 radical (unpaired) electrons. The van der Waals surface area contributed by atoms with Crippen molar-refractivity contribution in [2.45, 2.75) is 41.0 Å². The minimum absolute atomic E-state index is 0.0869. The molecular weight excluding hydrogens is 671 g/mol. The van der Waals surface area contributed by atoms with Gasteiger partial charge in [-0.1, -0.05) is 12.1 Å². The van der Waals surface area contributed by atoms with Crippen LogP contribution in [0.3, 0.4) is 0 Å². The number of nitrogens with two attached hydrogens (primary N) is 1. The van der Waals surface area contributed by atoms with Crippen LogP contribution in [-0.2, 0) is 48.8 Å². The molecular formula is C27H22F6N4O5S3. The van der Waals surface area contributed by atoms with Crippen LogP contribution in [-0.4, -0.2) is 50.1 Å². The summed E-state index contributed by atoms with van der Waals surface area (Å²) >= 11 is 0.698. The number of aromatic nitrogens is 3. The third-order valence-electron chi connectivity index (χ3n) is 6.60. The molecule has 0 fully saturated rings. The van der Waals surface area contributed by atoms with Crippen LogP contribution in [0, 0.1) is 6.92 Å². The SMILES string of the molecule is Cc1nc(C(N)(C(=O)Cc2ccc(S(C)(=O)=O)c(C(F)(F)F)c2)c2cnccn2)sc1-c1ccc(S(C)(=O)=O)c(C(F)(F)F)c1. The minimum Gasteiger partial charge on any atom is -0.308 e. The summed E-state index contributed by atoms with van der Waals surface area (Å²) in [5.41, 5.74) is 1.05. The summed E-state index contributed by atoms with van der Waals surface area (Å²) in [6.07, 6.45) is -6.07.